The maximum absolute atomic E-state index is 2.38. The van der Waals surface area contributed by atoms with E-state index < -0.39 is 0 Å². The van der Waals surface area contributed by atoms with E-state index in [0.29, 0.717) is 0 Å². The van der Waals surface area contributed by atoms with E-state index in [9.17, 15) is 0 Å². The highest BCUT2D eigenvalue weighted by molar-refractivity contribution is 7.24. The first-order valence-corrected chi connectivity index (χ1v) is 22.2. The molecule has 0 saturated heterocycles. The molecule has 0 aliphatic heterocycles. The van der Waals surface area contributed by atoms with E-state index in [1.807, 2.05) is 45.3 Å². The summed E-state index contributed by atoms with van der Waals surface area (Å²) in [5, 5.41) is 9.88. The molecule has 56 heavy (non-hydrogen) atoms. The van der Waals surface area contributed by atoms with Crippen LogP contribution >= 0.6 is 45.3 Å². The molecule has 0 radical (unpaired) electrons. The third-order valence-electron chi connectivity index (χ3n) is 11.2. The maximum atomic E-state index is 2.38. The lowest BCUT2D eigenvalue weighted by molar-refractivity contribution is 1.46. The third kappa shape index (κ3) is 5.84. The molecular weight excluding hydrogens is 753 g/mol. The second-order valence-corrected chi connectivity index (χ2v) is 18.6. The second-order valence-electron chi connectivity index (χ2n) is 14.7. The summed E-state index contributed by atoms with van der Waals surface area (Å²) in [6.45, 7) is 4.46. The van der Waals surface area contributed by atoms with Crippen molar-refractivity contribution < 1.29 is 0 Å². The highest BCUT2D eigenvalue weighted by Gasteiger charge is 2.14. The molecule has 0 N–H and O–H groups in total. The highest BCUT2D eigenvalue weighted by Crippen LogP contribution is 2.42. The predicted molar refractivity (Wildman–Crippen MR) is 250 cm³/mol. The molecule has 0 atom stereocenters. The lowest BCUT2D eigenvalue weighted by atomic mass is 9.95. The molecule has 7 aromatic carbocycles. The van der Waals surface area contributed by atoms with Crippen LogP contribution in [0.25, 0.3) is 106 Å². The van der Waals surface area contributed by atoms with Crippen LogP contribution in [-0.4, -0.2) is 0 Å². The van der Waals surface area contributed by atoms with Gasteiger partial charge in [-0.15, -0.1) is 45.3 Å². The van der Waals surface area contributed by atoms with Gasteiger partial charge in [0.2, 0.25) is 0 Å². The normalized spacial score (nSPS) is 11.8. The van der Waals surface area contributed by atoms with Gasteiger partial charge in [-0.1, -0.05) is 121 Å². The van der Waals surface area contributed by atoms with Crippen LogP contribution in [0, 0.1) is 13.8 Å². The largest absolute Gasteiger partial charge is 0.143 e. The standard InChI is InChI=1S/C52H34S4/c1-31-23-37(19-21-41(31)45-29-53-47-9-5-3-7-43(45)47)33-11-15-35(16-12-33)49-25-39-27-52-40(28-51(39)55-49)26-50(56-52)36-17-13-34(14-18-36)38-20-22-42(32(2)24-38)46-30-54-48-10-6-4-8-44(46)48/h3-30H,1-2H3. The smallest absolute Gasteiger partial charge is 0.0356 e. The van der Waals surface area contributed by atoms with E-state index >= 15 is 0 Å². The summed E-state index contributed by atoms with van der Waals surface area (Å²) < 4.78 is 5.34. The van der Waals surface area contributed by atoms with Crippen LogP contribution in [0.4, 0.5) is 0 Å². The molecule has 0 nitrogen and oxygen atoms in total. The van der Waals surface area contributed by atoms with Crippen molar-refractivity contribution in [1.82, 2.24) is 0 Å². The zero-order valence-corrected chi connectivity index (χ0v) is 34.1. The Morgan fingerprint density at radius 2 is 0.714 bits per heavy atom. The van der Waals surface area contributed by atoms with Gasteiger partial charge in [0, 0.05) is 50.5 Å². The molecule has 0 aliphatic rings. The lowest BCUT2D eigenvalue weighted by Gasteiger charge is -2.09. The monoisotopic (exact) mass is 786 g/mol. The van der Waals surface area contributed by atoms with Crippen molar-refractivity contribution in [3.8, 4) is 65.4 Å². The molecule has 4 aromatic heterocycles. The average molecular weight is 787 g/mol. The van der Waals surface area contributed by atoms with Crippen LogP contribution in [0.2, 0.25) is 0 Å². The van der Waals surface area contributed by atoms with Gasteiger partial charge in [0.05, 0.1) is 0 Å². The van der Waals surface area contributed by atoms with E-state index in [4.69, 9.17) is 0 Å². The molecule has 4 heteroatoms. The van der Waals surface area contributed by atoms with Crippen molar-refractivity contribution in [1.29, 1.82) is 0 Å². The van der Waals surface area contributed by atoms with E-state index in [-0.39, 0.29) is 0 Å². The van der Waals surface area contributed by atoms with Crippen LogP contribution in [0.5, 0.6) is 0 Å². The minimum atomic E-state index is 1.25. The average Bonchev–Trinajstić information content (AvgIpc) is 4.05. The lowest BCUT2D eigenvalue weighted by Crippen LogP contribution is -1.85. The fourth-order valence-corrected chi connectivity index (χ4v) is 12.3. The van der Waals surface area contributed by atoms with E-state index in [1.165, 1.54) is 117 Å². The molecule has 4 heterocycles. The molecule has 0 amide bonds. The number of hydrogen-bond acceptors (Lipinski definition) is 4. The van der Waals surface area contributed by atoms with Crippen LogP contribution in [0.15, 0.2) is 168 Å². The van der Waals surface area contributed by atoms with Crippen LogP contribution < -0.4 is 0 Å². The Bertz CT molecular complexity index is 2990. The summed E-state index contributed by atoms with van der Waals surface area (Å²) in [4.78, 5) is 2.62. The van der Waals surface area contributed by atoms with Crippen molar-refractivity contribution in [2.45, 2.75) is 13.8 Å². The van der Waals surface area contributed by atoms with E-state index in [1.54, 1.807) is 0 Å². The molecule has 0 unspecified atom stereocenters. The van der Waals surface area contributed by atoms with Gasteiger partial charge >= 0.3 is 0 Å². The van der Waals surface area contributed by atoms with E-state index in [0.717, 1.165) is 0 Å². The van der Waals surface area contributed by atoms with Crippen molar-refractivity contribution >= 4 is 85.7 Å². The van der Waals surface area contributed by atoms with Crippen molar-refractivity contribution in [2.75, 3.05) is 0 Å². The fraction of sp³-hybridized carbons (Fsp3) is 0.0385. The van der Waals surface area contributed by atoms with Gasteiger partial charge in [-0.3, -0.25) is 0 Å². The Morgan fingerprint density at radius 3 is 1.14 bits per heavy atom. The predicted octanol–water partition coefficient (Wildman–Crippen LogP) is 17.2. The van der Waals surface area contributed by atoms with Gasteiger partial charge in [-0.25, -0.2) is 0 Å². The number of benzene rings is 7. The Hall–Kier alpha value is -5.62. The molecule has 266 valence electrons. The van der Waals surface area contributed by atoms with E-state index in [2.05, 4.69) is 182 Å². The number of hydrogen-bond donors (Lipinski definition) is 0. The molecule has 11 aromatic rings. The topological polar surface area (TPSA) is 0 Å². The summed E-state index contributed by atoms with van der Waals surface area (Å²) >= 11 is 7.41. The van der Waals surface area contributed by atoms with Gasteiger partial charge in [0.25, 0.3) is 0 Å². The minimum Gasteiger partial charge on any atom is -0.143 e. The number of thiophene rings is 4. The maximum Gasteiger partial charge on any atom is 0.0356 e. The SMILES string of the molecule is Cc1cc(-c2ccc(-c3cc4cc5sc(-c6ccc(-c7ccc(-c8csc9ccccc89)c(C)c7)cc6)cc5cc4s3)cc2)ccc1-c1csc2ccccc12. The Labute approximate surface area is 342 Å². The summed E-state index contributed by atoms with van der Waals surface area (Å²) in [6.07, 6.45) is 0. The van der Waals surface area contributed by atoms with Crippen molar-refractivity contribution in [3.63, 3.8) is 0 Å². The Balaban J connectivity index is 0.818. The third-order valence-corrected chi connectivity index (χ3v) is 15.4. The number of aryl methyl sites for hydroxylation is 2. The molecular formula is C52H34S4. The van der Waals surface area contributed by atoms with Crippen LogP contribution in [0.3, 0.4) is 0 Å². The van der Waals surface area contributed by atoms with Crippen LogP contribution in [-0.2, 0) is 0 Å². The molecule has 0 saturated carbocycles. The van der Waals surface area contributed by atoms with Gasteiger partial charge in [-0.05, 0) is 127 Å². The van der Waals surface area contributed by atoms with Gasteiger partial charge in [0.15, 0.2) is 0 Å². The molecule has 0 fully saturated rings. The second kappa shape index (κ2) is 13.5. The zero-order valence-electron chi connectivity index (χ0n) is 30.8. The Kier molecular flexibility index (Phi) is 8.15. The highest BCUT2D eigenvalue weighted by atomic mass is 32.1. The Morgan fingerprint density at radius 1 is 0.321 bits per heavy atom. The summed E-state index contributed by atoms with van der Waals surface area (Å²) in [6, 6.07) is 58.9. The van der Waals surface area contributed by atoms with Gasteiger partial charge in [-0.2, -0.15) is 0 Å². The first-order chi connectivity index (χ1) is 27.5. The minimum absolute atomic E-state index is 1.25. The van der Waals surface area contributed by atoms with Gasteiger partial charge in [0.1, 0.15) is 0 Å². The molecule has 0 bridgehead atoms. The van der Waals surface area contributed by atoms with Crippen molar-refractivity contribution in [3.05, 3.63) is 180 Å². The fourth-order valence-electron chi connectivity index (χ4n) is 8.17. The summed E-state index contributed by atoms with van der Waals surface area (Å²) in [5.74, 6) is 0. The first-order valence-electron chi connectivity index (χ1n) is 18.9. The quantitative estimate of drug-likeness (QED) is 0.157. The molecule has 0 spiro atoms. The summed E-state index contributed by atoms with van der Waals surface area (Å²) in [7, 11) is 0. The van der Waals surface area contributed by atoms with Crippen LogP contribution in [0.1, 0.15) is 11.1 Å². The van der Waals surface area contributed by atoms with Gasteiger partial charge < -0.3 is 0 Å². The number of rotatable bonds is 6. The summed E-state index contributed by atoms with van der Waals surface area (Å²) in [5.41, 5.74) is 15.4. The first kappa shape index (κ1) is 33.7. The molecule has 11 rings (SSSR count). The van der Waals surface area contributed by atoms with Crippen molar-refractivity contribution in [2.24, 2.45) is 0 Å². The molecule has 0 aliphatic carbocycles. The number of fused-ring (bicyclic) bond motifs is 4. The zero-order chi connectivity index (χ0) is 37.3.